The van der Waals surface area contributed by atoms with Crippen LogP contribution in [0.15, 0.2) is 36.4 Å². The second-order valence-electron chi connectivity index (χ2n) is 4.49. The van der Waals surface area contributed by atoms with Crippen molar-refractivity contribution in [1.29, 1.82) is 0 Å². The van der Waals surface area contributed by atoms with E-state index >= 15 is 0 Å². The zero-order valence-corrected chi connectivity index (χ0v) is 11.7. The fraction of sp³-hybridized carbons (Fsp3) is 0.250. The van der Waals surface area contributed by atoms with Gasteiger partial charge in [0.05, 0.1) is 14.2 Å². The van der Waals surface area contributed by atoms with Crippen molar-refractivity contribution >= 4 is 0 Å². The average molecular weight is 276 g/mol. The Morgan fingerprint density at radius 3 is 2.45 bits per heavy atom. The first-order valence-electron chi connectivity index (χ1n) is 6.23. The monoisotopic (exact) mass is 276 g/mol. The number of aryl methyl sites for hydroxylation is 1. The number of halogens is 1. The highest BCUT2D eigenvalue weighted by molar-refractivity contribution is 5.50. The molecule has 20 heavy (non-hydrogen) atoms. The molecule has 0 aromatic heterocycles. The SMILES string of the molecule is COc1cccc(C(O)c2ccc(F)c(C)c2)c1OC. The number of rotatable bonds is 4. The molecule has 0 heterocycles. The number of aliphatic hydroxyl groups is 1. The van der Waals surface area contributed by atoms with Gasteiger partial charge in [0.25, 0.3) is 0 Å². The van der Waals surface area contributed by atoms with Gasteiger partial charge in [-0.1, -0.05) is 24.3 Å². The molecule has 0 aliphatic heterocycles. The maximum absolute atomic E-state index is 13.3. The van der Waals surface area contributed by atoms with Crippen molar-refractivity contribution in [2.45, 2.75) is 13.0 Å². The fourth-order valence-electron chi connectivity index (χ4n) is 2.14. The number of methoxy groups -OCH3 is 2. The third-order valence-corrected chi connectivity index (χ3v) is 3.23. The first kappa shape index (κ1) is 14.3. The molecule has 106 valence electrons. The van der Waals surface area contributed by atoms with Crippen LogP contribution < -0.4 is 9.47 Å². The Balaban J connectivity index is 2.47. The van der Waals surface area contributed by atoms with Crippen LogP contribution in [0.5, 0.6) is 11.5 Å². The Labute approximate surface area is 117 Å². The molecule has 0 aliphatic carbocycles. The van der Waals surface area contributed by atoms with Gasteiger partial charge in [0, 0.05) is 5.56 Å². The topological polar surface area (TPSA) is 38.7 Å². The predicted molar refractivity (Wildman–Crippen MR) is 74.7 cm³/mol. The summed E-state index contributed by atoms with van der Waals surface area (Å²) in [6.07, 6.45) is -0.903. The van der Waals surface area contributed by atoms with E-state index in [-0.39, 0.29) is 5.82 Å². The van der Waals surface area contributed by atoms with E-state index in [1.54, 1.807) is 37.3 Å². The maximum Gasteiger partial charge on any atom is 0.166 e. The van der Waals surface area contributed by atoms with Gasteiger partial charge in [-0.15, -0.1) is 0 Å². The number of benzene rings is 2. The molecule has 1 unspecified atom stereocenters. The smallest absolute Gasteiger partial charge is 0.166 e. The molecule has 0 saturated heterocycles. The molecule has 1 N–H and O–H groups in total. The van der Waals surface area contributed by atoms with E-state index in [9.17, 15) is 9.50 Å². The van der Waals surface area contributed by atoms with E-state index in [4.69, 9.17) is 9.47 Å². The van der Waals surface area contributed by atoms with E-state index in [1.807, 2.05) is 0 Å². The summed E-state index contributed by atoms with van der Waals surface area (Å²) in [7, 11) is 3.06. The minimum absolute atomic E-state index is 0.293. The van der Waals surface area contributed by atoms with Crippen LogP contribution in [0.2, 0.25) is 0 Å². The molecule has 0 bridgehead atoms. The average Bonchev–Trinajstić information content (AvgIpc) is 2.48. The minimum Gasteiger partial charge on any atom is -0.493 e. The van der Waals surface area contributed by atoms with Crippen molar-refractivity contribution in [1.82, 2.24) is 0 Å². The number of para-hydroxylation sites is 1. The van der Waals surface area contributed by atoms with Crippen molar-refractivity contribution in [3.05, 3.63) is 58.9 Å². The molecule has 0 aliphatic rings. The minimum atomic E-state index is -0.903. The lowest BCUT2D eigenvalue weighted by atomic mass is 9.98. The van der Waals surface area contributed by atoms with Crippen LogP contribution in [0.25, 0.3) is 0 Å². The van der Waals surface area contributed by atoms with Crippen molar-refractivity contribution in [2.24, 2.45) is 0 Å². The lowest BCUT2D eigenvalue weighted by Crippen LogP contribution is -2.04. The van der Waals surface area contributed by atoms with Gasteiger partial charge in [0.15, 0.2) is 11.5 Å². The van der Waals surface area contributed by atoms with Gasteiger partial charge < -0.3 is 14.6 Å². The zero-order chi connectivity index (χ0) is 14.7. The number of aliphatic hydroxyl groups excluding tert-OH is 1. The zero-order valence-electron chi connectivity index (χ0n) is 11.7. The number of hydrogen-bond donors (Lipinski definition) is 1. The molecule has 0 spiro atoms. The van der Waals surface area contributed by atoms with Crippen LogP contribution in [0.1, 0.15) is 22.8 Å². The first-order valence-corrected chi connectivity index (χ1v) is 6.23. The normalized spacial score (nSPS) is 12.1. The van der Waals surface area contributed by atoms with Crippen LogP contribution in [0.4, 0.5) is 4.39 Å². The summed E-state index contributed by atoms with van der Waals surface area (Å²) < 4.78 is 23.8. The molecule has 2 rings (SSSR count). The van der Waals surface area contributed by atoms with Gasteiger partial charge in [-0.2, -0.15) is 0 Å². The Hall–Kier alpha value is -2.07. The molecule has 0 amide bonds. The predicted octanol–water partition coefficient (Wildman–Crippen LogP) is 3.23. The molecule has 3 nitrogen and oxygen atoms in total. The van der Waals surface area contributed by atoms with Crippen LogP contribution in [0.3, 0.4) is 0 Å². The van der Waals surface area contributed by atoms with Crippen molar-refractivity contribution < 1.29 is 19.0 Å². The Kier molecular flexibility index (Phi) is 4.25. The summed E-state index contributed by atoms with van der Waals surface area (Å²) in [6.45, 7) is 1.66. The Bertz CT molecular complexity index is 611. The lowest BCUT2D eigenvalue weighted by Gasteiger charge is -2.17. The molecule has 0 radical (unpaired) electrons. The second kappa shape index (κ2) is 5.92. The first-order chi connectivity index (χ1) is 9.58. The highest BCUT2D eigenvalue weighted by Crippen LogP contribution is 2.37. The second-order valence-corrected chi connectivity index (χ2v) is 4.49. The van der Waals surface area contributed by atoms with Crippen LogP contribution in [0, 0.1) is 12.7 Å². The summed E-state index contributed by atoms with van der Waals surface area (Å²) in [5, 5.41) is 10.5. The maximum atomic E-state index is 13.3. The largest absolute Gasteiger partial charge is 0.493 e. The van der Waals surface area contributed by atoms with Gasteiger partial charge in [-0.05, 0) is 30.2 Å². The van der Waals surface area contributed by atoms with Gasteiger partial charge >= 0.3 is 0 Å². The van der Waals surface area contributed by atoms with Gasteiger partial charge in [0.1, 0.15) is 11.9 Å². The Morgan fingerprint density at radius 2 is 1.85 bits per heavy atom. The summed E-state index contributed by atoms with van der Waals surface area (Å²) in [5.41, 5.74) is 1.68. The standard InChI is InChI=1S/C16H17FO3/c1-10-9-11(7-8-13(10)17)15(18)12-5-4-6-14(19-2)16(12)20-3/h4-9,15,18H,1-3H3. The summed E-state index contributed by atoms with van der Waals surface area (Å²) in [4.78, 5) is 0. The molecule has 1 atom stereocenters. The molecular formula is C16H17FO3. The van der Waals surface area contributed by atoms with Gasteiger partial charge in [-0.3, -0.25) is 0 Å². The number of ether oxygens (including phenoxy) is 2. The lowest BCUT2D eigenvalue weighted by molar-refractivity contribution is 0.213. The van der Waals surface area contributed by atoms with Crippen LogP contribution in [-0.2, 0) is 0 Å². The highest BCUT2D eigenvalue weighted by Gasteiger charge is 2.19. The van der Waals surface area contributed by atoms with E-state index in [0.717, 1.165) is 0 Å². The summed E-state index contributed by atoms with van der Waals surface area (Å²) >= 11 is 0. The third-order valence-electron chi connectivity index (χ3n) is 3.23. The molecular weight excluding hydrogens is 259 g/mol. The highest BCUT2D eigenvalue weighted by atomic mass is 19.1. The van der Waals surface area contributed by atoms with Crippen molar-refractivity contribution in [3.63, 3.8) is 0 Å². The van der Waals surface area contributed by atoms with E-state index in [1.165, 1.54) is 20.3 Å². The summed E-state index contributed by atoms with van der Waals surface area (Å²) in [6, 6.07) is 9.82. The fourth-order valence-corrected chi connectivity index (χ4v) is 2.14. The van der Waals surface area contributed by atoms with Crippen LogP contribution in [-0.4, -0.2) is 19.3 Å². The molecule has 2 aromatic carbocycles. The van der Waals surface area contributed by atoms with Gasteiger partial charge in [0.2, 0.25) is 0 Å². The Morgan fingerprint density at radius 1 is 1.10 bits per heavy atom. The van der Waals surface area contributed by atoms with Crippen LogP contribution >= 0.6 is 0 Å². The molecule has 0 fully saturated rings. The van der Waals surface area contributed by atoms with Crippen molar-refractivity contribution in [3.8, 4) is 11.5 Å². The molecule has 2 aromatic rings. The van der Waals surface area contributed by atoms with Gasteiger partial charge in [-0.25, -0.2) is 4.39 Å². The number of hydrogen-bond acceptors (Lipinski definition) is 3. The van der Waals surface area contributed by atoms with Crippen molar-refractivity contribution in [2.75, 3.05) is 14.2 Å². The van der Waals surface area contributed by atoms with E-state index < -0.39 is 6.10 Å². The van der Waals surface area contributed by atoms with E-state index in [2.05, 4.69) is 0 Å². The third kappa shape index (κ3) is 2.60. The summed E-state index contributed by atoms with van der Waals surface area (Å²) in [5.74, 6) is 0.728. The molecule has 4 heteroatoms. The van der Waals surface area contributed by atoms with E-state index in [0.29, 0.717) is 28.2 Å². The molecule has 0 saturated carbocycles. The quantitative estimate of drug-likeness (QED) is 0.931.